The molecule has 0 bridgehead atoms. The van der Waals surface area contributed by atoms with E-state index in [2.05, 4.69) is 19.2 Å². The van der Waals surface area contributed by atoms with Crippen LogP contribution in [0, 0.1) is 17.7 Å². The highest BCUT2D eigenvalue weighted by Crippen LogP contribution is 2.29. The Morgan fingerprint density at radius 1 is 1.22 bits per heavy atom. The maximum Gasteiger partial charge on any atom is 0.142 e. The summed E-state index contributed by atoms with van der Waals surface area (Å²) in [5, 5.41) is 3.77. The molecular formula is C15H21ClFN. The first kappa shape index (κ1) is 13.8. The molecule has 1 fully saturated rings. The fraction of sp³-hybridized carbons (Fsp3) is 0.600. The first-order chi connectivity index (χ1) is 8.56. The van der Waals surface area contributed by atoms with Gasteiger partial charge in [-0.25, -0.2) is 4.39 Å². The second kappa shape index (κ2) is 6.03. The molecule has 100 valence electrons. The van der Waals surface area contributed by atoms with Gasteiger partial charge in [-0.05, 0) is 42.7 Å². The number of hydrogen-bond donors (Lipinski definition) is 1. The molecule has 1 aliphatic rings. The fourth-order valence-electron chi connectivity index (χ4n) is 3.05. The maximum absolute atomic E-state index is 13.3. The van der Waals surface area contributed by atoms with Gasteiger partial charge in [-0.3, -0.25) is 0 Å². The van der Waals surface area contributed by atoms with Crippen LogP contribution >= 0.6 is 11.6 Å². The van der Waals surface area contributed by atoms with E-state index in [1.165, 1.54) is 25.3 Å². The Morgan fingerprint density at radius 3 is 2.56 bits per heavy atom. The van der Waals surface area contributed by atoms with Gasteiger partial charge >= 0.3 is 0 Å². The average molecular weight is 270 g/mol. The largest absolute Gasteiger partial charge is 0.310 e. The lowest BCUT2D eigenvalue weighted by atomic mass is 9.80. The van der Waals surface area contributed by atoms with E-state index in [9.17, 15) is 4.39 Å². The monoisotopic (exact) mass is 269 g/mol. The maximum atomic E-state index is 13.3. The predicted octanol–water partition coefficient (Wildman–Crippen LogP) is 4.39. The summed E-state index contributed by atoms with van der Waals surface area (Å²) in [4.78, 5) is 0. The van der Waals surface area contributed by atoms with Crippen molar-refractivity contribution >= 4 is 11.6 Å². The van der Waals surface area contributed by atoms with Gasteiger partial charge in [0.15, 0.2) is 0 Å². The smallest absolute Gasteiger partial charge is 0.142 e. The third-order valence-electron chi connectivity index (χ3n) is 3.79. The number of hydrogen-bond acceptors (Lipinski definition) is 1. The molecule has 1 aromatic rings. The molecule has 2 unspecified atom stereocenters. The van der Waals surface area contributed by atoms with Gasteiger partial charge in [0.05, 0.1) is 5.02 Å². The standard InChI is InChI=1S/C15H21ClFN/c1-10-6-11(2)8-13(7-10)18-9-12-4-3-5-14(17)15(12)16/h3-5,10-11,13,18H,6-9H2,1-2H3. The zero-order chi connectivity index (χ0) is 13.1. The zero-order valence-corrected chi connectivity index (χ0v) is 11.8. The van der Waals surface area contributed by atoms with E-state index in [4.69, 9.17) is 11.6 Å². The van der Waals surface area contributed by atoms with Crippen molar-refractivity contribution in [1.29, 1.82) is 0 Å². The zero-order valence-electron chi connectivity index (χ0n) is 11.0. The summed E-state index contributed by atoms with van der Waals surface area (Å²) in [6, 6.07) is 5.53. The van der Waals surface area contributed by atoms with Gasteiger partial charge in [0.2, 0.25) is 0 Å². The molecule has 0 amide bonds. The van der Waals surface area contributed by atoms with E-state index in [0.29, 0.717) is 12.6 Å². The van der Waals surface area contributed by atoms with Gasteiger partial charge in [0.1, 0.15) is 5.82 Å². The van der Waals surface area contributed by atoms with E-state index in [-0.39, 0.29) is 10.8 Å². The van der Waals surface area contributed by atoms with Crippen LogP contribution in [0.15, 0.2) is 18.2 Å². The van der Waals surface area contributed by atoms with Gasteiger partial charge in [0, 0.05) is 12.6 Å². The molecule has 0 aliphatic heterocycles. The van der Waals surface area contributed by atoms with Gasteiger partial charge in [-0.1, -0.05) is 37.6 Å². The first-order valence-electron chi connectivity index (χ1n) is 6.72. The summed E-state index contributed by atoms with van der Waals surface area (Å²) in [5.41, 5.74) is 0.850. The van der Waals surface area contributed by atoms with Crippen LogP contribution in [0.1, 0.15) is 38.7 Å². The summed E-state index contributed by atoms with van der Waals surface area (Å²) >= 11 is 5.95. The van der Waals surface area contributed by atoms with Crippen LogP contribution in [-0.4, -0.2) is 6.04 Å². The van der Waals surface area contributed by atoms with Crippen molar-refractivity contribution in [2.75, 3.05) is 0 Å². The molecule has 0 spiro atoms. The lowest BCUT2D eigenvalue weighted by molar-refractivity contribution is 0.238. The van der Waals surface area contributed by atoms with Gasteiger partial charge < -0.3 is 5.32 Å². The highest BCUT2D eigenvalue weighted by atomic mass is 35.5. The van der Waals surface area contributed by atoms with Crippen LogP contribution in [-0.2, 0) is 6.54 Å². The van der Waals surface area contributed by atoms with E-state index < -0.39 is 0 Å². The summed E-state index contributed by atoms with van der Waals surface area (Å²) in [6.07, 6.45) is 3.73. The Bertz CT molecular complexity index is 397. The van der Waals surface area contributed by atoms with Crippen LogP contribution in [0.3, 0.4) is 0 Å². The van der Waals surface area contributed by atoms with Crippen LogP contribution in [0.5, 0.6) is 0 Å². The van der Waals surface area contributed by atoms with Crippen molar-refractivity contribution in [3.63, 3.8) is 0 Å². The van der Waals surface area contributed by atoms with Gasteiger partial charge in [0.25, 0.3) is 0 Å². The number of rotatable bonds is 3. The summed E-state index contributed by atoms with van der Waals surface area (Å²) < 4.78 is 13.3. The molecule has 1 nitrogen and oxygen atoms in total. The number of halogens is 2. The van der Waals surface area contributed by atoms with Crippen LogP contribution in [0.4, 0.5) is 4.39 Å². The lowest BCUT2D eigenvalue weighted by Gasteiger charge is -2.32. The molecule has 2 rings (SSSR count). The van der Waals surface area contributed by atoms with Crippen molar-refractivity contribution < 1.29 is 4.39 Å². The van der Waals surface area contributed by atoms with Gasteiger partial charge in [-0.15, -0.1) is 0 Å². The average Bonchev–Trinajstić information content (AvgIpc) is 2.30. The van der Waals surface area contributed by atoms with Crippen molar-refractivity contribution in [3.05, 3.63) is 34.6 Å². The SMILES string of the molecule is CC1CC(C)CC(NCc2cccc(F)c2Cl)C1. The highest BCUT2D eigenvalue weighted by Gasteiger charge is 2.23. The summed E-state index contributed by atoms with van der Waals surface area (Å²) in [5.74, 6) is 1.21. The molecule has 0 saturated heterocycles. The molecule has 0 radical (unpaired) electrons. The molecule has 1 aliphatic carbocycles. The Hall–Kier alpha value is -0.600. The van der Waals surface area contributed by atoms with Crippen LogP contribution < -0.4 is 5.32 Å². The molecule has 2 atom stereocenters. The van der Waals surface area contributed by atoms with E-state index in [0.717, 1.165) is 17.4 Å². The third-order valence-corrected chi connectivity index (χ3v) is 4.21. The summed E-state index contributed by atoms with van der Waals surface area (Å²) in [6.45, 7) is 5.26. The Morgan fingerprint density at radius 2 is 1.89 bits per heavy atom. The van der Waals surface area contributed by atoms with Crippen molar-refractivity contribution in [3.8, 4) is 0 Å². The quantitative estimate of drug-likeness (QED) is 0.858. The second-order valence-electron chi connectivity index (χ2n) is 5.71. The minimum Gasteiger partial charge on any atom is -0.310 e. The van der Waals surface area contributed by atoms with E-state index in [1.54, 1.807) is 6.07 Å². The minimum atomic E-state index is -0.332. The molecule has 1 saturated carbocycles. The molecule has 18 heavy (non-hydrogen) atoms. The molecule has 1 N–H and O–H groups in total. The Kier molecular flexibility index (Phi) is 4.63. The van der Waals surface area contributed by atoms with E-state index in [1.807, 2.05) is 6.07 Å². The second-order valence-corrected chi connectivity index (χ2v) is 6.09. The topological polar surface area (TPSA) is 12.0 Å². The molecule has 3 heteroatoms. The fourth-order valence-corrected chi connectivity index (χ4v) is 3.25. The molecule has 1 aromatic carbocycles. The normalized spacial score (nSPS) is 28.3. The molecule has 0 aromatic heterocycles. The summed E-state index contributed by atoms with van der Waals surface area (Å²) in [7, 11) is 0. The molecule has 0 heterocycles. The lowest BCUT2D eigenvalue weighted by Crippen LogP contribution is -2.36. The Labute approximate surface area is 114 Å². The minimum absolute atomic E-state index is 0.252. The predicted molar refractivity (Wildman–Crippen MR) is 74.2 cm³/mol. The molecular weight excluding hydrogens is 249 g/mol. The van der Waals surface area contributed by atoms with Crippen molar-refractivity contribution in [1.82, 2.24) is 5.32 Å². The van der Waals surface area contributed by atoms with Crippen molar-refractivity contribution in [2.45, 2.75) is 45.7 Å². The Balaban J connectivity index is 1.93. The first-order valence-corrected chi connectivity index (χ1v) is 7.10. The van der Waals surface area contributed by atoms with Crippen LogP contribution in [0.25, 0.3) is 0 Å². The highest BCUT2D eigenvalue weighted by molar-refractivity contribution is 6.31. The van der Waals surface area contributed by atoms with Gasteiger partial charge in [-0.2, -0.15) is 0 Å². The van der Waals surface area contributed by atoms with Crippen molar-refractivity contribution in [2.24, 2.45) is 11.8 Å². The number of benzene rings is 1. The van der Waals surface area contributed by atoms with Crippen LogP contribution in [0.2, 0.25) is 5.02 Å². The van der Waals surface area contributed by atoms with E-state index >= 15 is 0 Å². The third kappa shape index (κ3) is 3.46. The number of nitrogens with one attached hydrogen (secondary N) is 1.